The van der Waals surface area contributed by atoms with Crippen molar-refractivity contribution in [3.8, 4) is 0 Å². The molecule has 1 unspecified atom stereocenters. The molecule has 0 aromatic heterocycles. The van der Waals surface area contributed by atoms with Gasteiger partial charge in [0.15, 0.2) is 0 Å². The summed E-state index contributed by atoms with van der Waals surface area (Å²) in [6.07, 6.45) is 1.51. The van der Waals surface area contributed by atoms with E-state index in [9.17, 15) is 14.4 Å². The van der Waals surface area contributed by atoms with E-state index in [0.717, 1.165) is 12.8 Å². The van der Waals surface area contributed by atoms with Gasteiger partial charge < -0.3 is 20.6 Å². The Morgan fingerprint density at radius 3 is 2.80 bits per heavy atom. The summed E-state index contributed by atoms with van der Waals surface area (Å²) in [6.45, 7) is 5.45. The van der Waals surface area contributed by atoms with E-state index in [-0.39, 0.29) is 12.5 Å². The molecule has 0 spiro atoms. The zero-order valence-corrected chi connectivity index (χ0v) is 12.0. The number of nitrogens with zero attached hydrogens (tertiary/aromatic N) is 1. The normalized spacial score (nSPS) is 18.9. The molecule has 0 aliphatic carbocycles. The van der Waals surface area contributed by atoms with E-state index >= 15 is 0 Å². The van der Waals surface area contributed by atoms with Gasteiger partial charge >= 0.3 is 12.0 Å². The third-order valence-electron chi connectivity index (χ3n) is 3.19. The molecular formula is C13H23N3O4. The molecule has 1 saturated heterocycles. The number of aliphatic carboxylic acids is 1. The van der Waals surface area contributed by atoms with Crippen molar-refractivity contribution >= 4 is 17.9 Å². The fourth-order valence-electron chi connectivity index (χ4n) is 2.13. The van der Waals surface area contributed by atoms with Crippen LogP contribution in [0.25, 0.3) is 0 Å². The van der Waals surface area contributed by atoms with Crippen LogP contribution in [-0.2, 0) is 9.59 Å². The molecule has 1 aliphatic rings. The Morgan fingerprint density at radius 1 is 1.50 bits per heavy atom. The number of hydrogen-bond donors (Lipinski definition) is 3. The van der Waals surface area contributed by atoms with Gasteiger partial charge in [-0.3, -0.25) is 9.59 Å². The number of amides is 3. The first kappa shape index (κ1) is 16.3. The van der Waals surface area contributed by atoms with Crippen molar-refractivity contribution in [1.29, 1.82) is 0 Å². The molecule has 1 atom stereocenters. The van der Waals surface area contributed by atoms with Crippen molar-refractivity contribution in [3.05, 3.63) is 0 Å². The van der Waals surface area contributed by atoms with E-state index in [1.807, 2.05) is 0 Å². The second kappa shape index (κ2) is 7.72. The van der Waals surface area contributed by atoms with Crippen LogP contribution in [0.15, 0.2) is 0 Å². The van der Waals surface area contributed by atoms with E-state index < -0.39 is 17.9 Å². The molecule has 0 aromatic carbocycles. The third kappa shape index (κ3) is 5.07. The van der Waals surface area contributed by atoms with Gasteiger partial charge in [0.05, 0.1) is 6.42 Å². The molecule has 114 valence electrons. The lowest BCUT2D eigenvalue weighted by Crippen LogP contribution is -2.60. The average Bonchev–Trinajstić information content (AvgIpc) is 2.36. The minimum atomic E-state index is -1.09. The molecule has 0 bridgehead atoms. The predicted molar refractivity (Wildman–Crippen MR) is 73.2 cm³/mol. The molecule has 3 N–H and O–H groups in total. The van der Waals surface area contributed by atoms with Gasteiger partial charge in [-0.25, -0.2) is 4.79 Å². The highest BCUT2D eigenvalue weighted by Gasteiger charge is 2.34. The van der Waals surface area contributed by atoms with Gasteiger partial charge in [-0.05, 0) is 18.8 Å². The Kier molecular flexibility index (Phi) is 6.27. The number of nitrogens with one attached hydrogen (secondary N) is 2. The first-order valence-corrected chi connectivity index (χ1v) is 6.95. The molecule has 7 heteroatoms. The summed E-state index contributed by atoms with van der Waals surface area (Å²) in [5, 5.41) is 14.1. The predicted octanol–water partition coefficient (Wildman–Crippen LogP) is 0.407. The van der Waals surface area contributed by atoms with Crippen LogP contribution in [0.2, 0.25) is 0 Å². The lowest BCUT2D eigenvalue weighted by molar-refractivity contribution is -0.142. The number of carbonyl (C=O) groups excluding carboxylic acids is 2. The number of carboxylic acids is 1. The second-order valence-electron chi connectivity index (χ2n) is 5.37. The zero-order valence-electron chi connectivity index (χ0n) is 12.0. The standard InChI is InChI=1S/C13H23N3O4/c1-9(2)4-3-5-15-13(20)16-7-6-14-12(19)10(16)8-11(17)18/h9-10H,3-8H2,1-2H3,(H,14,19)(H,15,20)(H,17,18). The van der Waals surface area contributed by atoms with Gasteiger partial charge in [-0.2, -0.15) is 0 Å². The van der Waals surface area contributed by atoms with Gasteiger partial charge in [0.25, 0.3) is 0 Å². The maximum atomic E-state index is 12.0. The smallest absolute Gasteiger partial charge is 0.318 e. The van der Waals surface area contributed by atoms with Crippen LogP contribution in [0.4, 0.5) is 4.79 Å². The molecular weight excluding hydrogens is 262 g/mol. The van der Waals surface area contributed by atoms with Crippen molar-refractivity contribution in [3.63, 3.8) is 0 Å². The van der Waals surface area contributed by atoms with Crippen molar-refractivity contribution < 1.29 is 19.5 Å². The molecule has 1 rings (SSSR count). The van der Waals surface area contributed by atoms with Crippen LogP contribution in [0, 0.1) is 5.92 Å². The summed E-state index contributed by atoms with van der Waals surface area (Å²) in [7, 11) is 0. The van der Waals surface area contributed by atoms with Crippen LogP contribution < -0.4 is 10.6 Å². The molecule has 0 aromatic rings. The Balaban J connectivity index is 2.50. The van der Waals surface area contributed by atoms with E-state index in [4.69, 9.17) is 5.11 Å². The summed E-state index contributed by atoms with van der Waals surface area (Å²) in [6, 6.07) is -1.29. The fraction of sp³-hybridized carbons (Fsp3) is 0.769. The molecule has 1 fully saturated rings. The summed E-state index contributed by atoms with van der Waals surface area (Å²) < 4.78 is 0. The summed E-state index contributed by atoms with van der Waals surface area (Å²) >= 11 is 0. The van der Waals surface area contributed by atoms with Gasteiger partial charge in [0.1, 0.15) is 6.04 Å². The number of rotatable bonds is 6. The van der Waals surface area contributed by atoms with Crippen molar-refractivity contribution in [1.82, 2.24) is 15.5 Å². The first-order valence-electron chi connectivity index (χ1n) is 6.95. The highest BCUT2D eigenvalue weighted by atomic mass is 16.4. The van der Waals surface area contributed by atoms with Crippen LogP contribution in [0.1, 0.15) is 33.1 Å². The van der Waals surface area contributed by atoms with E-state index in [2.05, 4.69) is 24.5 Å². The second-order valence-corrected chi connectivity index (χ2v) is 5.37. The lowest BCUT2D eigenvalue weighted by Gasteiger charge is -2.34. The van der Waals surface area contributed by atoms with Gasteiger partial charge in [0, 0.05) is 19.6 Å². The third-order valence-corrected chi connectivity index (χ3v) is 3.19. The number of piperazine rings is 1. The summed E-state index contributed by atoms with van der Waals surface area (Å²) in [4.78, 5) is 35.8. The fourth-order valence-corrected chi connectivity index (χ4v) is 2.13. The van der Waals surface area contributed by atoms with Gasteiger partial charge in [-0.1, -0.05) is 13.8 Å². The van der Waals surface area contributed by atoms with Crippen molar-refractivity contribution in [2.45, 2.75) is 39.2 Å². The molecule has 20 heavy (non-hydrogen) atoms. The Bertz CT molecular complexity index is 371. The number of carboxylic acid groups (broad SMARTS) is 1. The summed E-state index contributed by atoms with van der Waals surface area (Å²) in [5.41, 5.74) is 0. The number of urea groups is 1. The molecule has 1 heterocycles. The van der Waals surface area contributed by atoms with E-state index in [1.54, 1.807) is 0 Å². The Morgan fingerprint density at radius 2 is 2.20 bits per heavy atom. The van der Waals surface area contributed by atoms with Gasteiger partial charge in [0.2, 0.25) is 5.91 Å². The zero-order chi connectivity index (χ0) is 15.1. The van der Waals surface area contributed by atoms with Gasteiger partial charge in [-0.15, -0.1) is 0 Å². The Hall–Kier alpha value is -1.79. The topological polar surface area (TPSA) is 98.7 Å². The largest absolute Gasteiger partial charge is 0.481 e. The van der Waals surface area contributed by atoms with Crippen molar-refractivity contribution in [2.75, 3.05) is 19.6 Å². The average molecular weight is 285 g/mol. The Labute approximate surface area is 118 Å². The number of hydrogen-bond acceptors (Lipinski definition) is 3. The SMILES string of the molecule is CC(C)CCCNC(=O)N1CCNC(=O)C1CC(=O)O. The lowest BCUT2D eigenvalue weighted by atomic mass is 10.1. The maximum Gasteiger partial charge on any atom is 0.318 e. The molecule has 1 aliphatic heterocycles. The molecule has 0 radical (unpaired) electrons. The maximum absolute atomic E-state index is 12.0. The molecule has 3 amide bonds. The molecule has 7 nitrogen and oxygen atoms in total. The highest BCUT2D eigenvalue weighted by molar-refractivity contribution is 5.91. The highest BCUT2D eigenvalue weighted by Crippen LogP contribution is 2.09. The van der Waals surface area contributed by atoms with Crippen LogP contribution in [0.5, 0.6) is 0 Å². The minimum Gasteiger partial charge on any atom is -0.481 e. The van der Waals surface area contributed by atoms with E-state index in [1.165, 1.54) is 4.90 Å². The van der Waals surface area contributed by atoms with Crippen LogP contribution in [-0.4, -0.2) is 53.6 Å². The number of carbonyl (C=O) groups is 3. The van der Waals surface area contributed by atoms with Crippen LogP contribution >= 0.6 is 0 Å². The van der Waals surface area contributed by atoms with Crippen LogP contribution in [0.3, 0.4) is 0 Å². The quantitative estimate of drug-likeness (QED) is 0.615. The summed E-state index contributed by atoms with van der Waals surface area (Å²) in [5.74, 6) is -0.923. The molecule has 0 saturated carbocycles. The first-order chi connectivity index (χ1) is 9.41. The monoisotopic (exact) mass is 285 g/mol. The minimum absolute atomic E-state index is 0.333. The van der Waals surface area contributed by atoms with E-state index in [0.29, 0.717) is 25.6 Å². The van der Waals surface area contributed by atoms with Crippen molar-refractivity contribution in [2.24, 2.45) is 5.92 Å².